The summed E-state index contributed by atoms with van der Waals surface area (Å²) in [6.07, 6.45) is 0. The Kier molecular flexibility index (Phi) is 4.52. The van der Waals surface area contributed by atoms with Crippen molar-refractivity contribution >= 4 is 28.1 Å². The Morgan fingerprint density at radius 1 is 1.40 bits per heavy atom. The van der Waals surface area contributed by atoms with Crippen LogP contribution in [0.25, 0.3) is 0 Å². The first-order valence-electron chi connectivity index (χ1n) is 6.10. The molecule has 0 aliphatic rings. The molecular formula is C13H16N4O2S. The van der Waals surface area contributed by atoms with Crippen molar-refractivity contribution < 1.29 is 9.53 Å². The predicted octanol–water partition coefficient (Wildman–Crippen LogP) is 2.29. The highest BCUT2D eigenvalue weighted by Gasteiger charge is 2.14. The van der Waals surface area contributed by atoms with Gasteiger partial charge in [-0.15, -0.1) is 10.2 Å². The summed E-state index contributed by atoms with van der Waals surface area (Å²) in [6, 6.07) is 7.02. The normalized spacial score (nSPS) is 11.8. The number of hydrogen-bond donors (Lipinski definition) is 2. The number of hydrogen-bond acceptors (Lipinski definition) is 6. The van der Waals surface area contributed by atoms with Gasteiger partial charge in [0, 0.05) is 11.8 Å². The topological polar surface area (TPSA) is 76.1 Å². The van der Waals surface area contributed by atoms with E-state index in [9.17, 15) is 4.79 Å². The molecule has 0 aliphatic heterocycles. The monoisotopic (exact) mass is 292 g/mol. The second-order valence-electron chi connectivity index (χ2n) is 4.21. The lowest BCUT2D eigenvalue weighted by Crippen LogP contribution is -2.31. The first-order chi connectivity index (χ1) is 9.58. The Labute approximate surface area is 121 Å². The van der Waals surface area contributed by atoms with E-state index in [-0.39, 0.29) is 5.91 Å². The zero-order valence-electron chi connectivity index (χ0n) is 11.5. The number of benzene rings is 1. The molecule has 2 aromatic rings. The van der Waals surface area contributed by atoms with Crippen molar-refractivity contribution in [2.24, 2.45) is 0 Å². The zero-order chi connectivity index (χ0) is 14.5. The van der Waals surface area contributed by atoms with E-state index in [0.717, 1.165) is 16.4 Å². The van der Waals surface area contributed by atoms with E-state index in [1.807, 2.05) is 31.2 Å². The van der Waals surface area contributed by atoms with E-state index in [0.29, 0.717) is 5.13 Å². The average molecular weight is 292 g/mol. The highest BCUT2D eigenvalue weighted by atomic mass is 32.1. The van der Waals surface area contributed by atoms with Crippen LogP contribution in [-0.4, -0.2) is 29.3 Å². The predicted molar refractivity (Wildman–Crippen MR) is 79.4 cm³/mol. The van der Waals surface area contributed by atoms with Crippen molar-refractivity contribution in [2.45, 2.75) is 19.9 Å². The number of rotatable bonds is 5. The minimum atomic E-state index is -0.397. The molecule has 2 N–H and O–H groups in total. The number of nitrogens with zero attached hydrogens (tertiary/aromatic N) is 2. The van der Waals surface area contributed by atoms with Crippen molar-refractivity contribution in [1.29, 1.82) is 0 Å². The maximum atomic E-state index is 12.0. The molecule has 0 aliphatic carbocycles. The van der Waals surface area contributed by atoms with Gasteiger partial charge in [-0.05, 0) is 26.0 Å². The summed E-state index contributed by atoms with van der Waals surface area (Å²) in [5, 5.41) is 14.9. The summed E-state index contributed by atoms with van der Waals surface area (Å²) in [6.45, 7) is 3.62. The molecule has 20 heavy (non-hydrogen) atoms. The van der Waals surface area contributed by atoms with Crippen LogP contribution in [0, 0.1) is 6.92 Å². The van der Waals surface area contributed by atoms with Crippen LogP contribution in [0.15, 0.2) is 24.3 Å². The van der Waals surface area contributed by atoms with E-state index in [1.165, 1.54) is 11.3 Å². The first kappa shape index (κ1) is 14.3. The Morgan fingerprint density at radius 3 is 2.85 bits per heavy atom. The highest BCUT2D eigenvalue weighted by Crippen LogP contribution is 2.18. The third kappa shape index (κ3) is 3.67. The molecule has 2 rings (SSSR count). The Balaban J connectivity index is 1.96. The minimum Gasteiger partial charge on any atom is -0.497 e. The standard InChI is InChI=1S/C13H16N4O2S/c1-8(12(18)15-13-17-16-9(2)20-13)14-10-5-4-6-11(7-10)19-3/h4-8,14H,1-3H3,(H,15,17,18)/t8-/m0/s1. The molecule has 6 nitrogen and oxygen atoms in total. The third-order valence-corrected chi connectivity index (χ3v) is 3.36. The number of amides is 1. The van der Waals surface area contributed by atoms with Gasteiger partial charge < -0.3 is 10.1 Å². The number of methoxy groups -OCH3 is 1. The summed E-state index contributed by atoms with van der Waals surface area (Å²) in [5.41, 5.74) is 0.820. The molecule has 0 fully saturated rings. The van der Waals surface area contributed by atoms with E-state index in [4.69, 9.17) is 4.74 Å². The summed E-state index contributed by atoms with van der Waals surface area (Å²) >= 11 is 1.34. The van der Waals surface area contributed by atoms with Crippen LogP contribution in [0.3, 0.4) is 0 Å². The number of aromatic nitrogens is 2. The van der Waals surface area contributed by atoms with Crippen molar-refractivity contribution in [1.82, 2.24) is 10.2 Å². The Hall–Kier alpha value is -2.15. The van der Waals surface area contributed by atoms with Gasteiger partial charge in [0.1, 0.15) is 16.8 Å². The van der Waals surface area contributed by atoms with Crippen LogP contribution in [-0.2, 0) is 4.79 Å². The molecule has 0 bridgehead atoms. The third-order valence-electron chi connectivity index (χ3n) is 2.60. The first-order valence-corrected chi connectivity index (χ1v) is 6.91. The number of anilines is 2. The highest BCUT2D eigenvalue weighted by molar-refractivity contribution is 7.15. The number of carbonyl (C=O) groups excluding carboxylic acids is 1. The molecule has 0 saturated heterocycles. The van der Waals surface area contributed by atoms with E-state index < -0.39 is 6.04 Å². The number of nitrogens with one attached hydrogen (secondary N) is 2. The molecule has 1 atom stereocenters. The summed E-state index contributed by atoms with van der Waals surface area (Å²) in [5.74, 6) is 0.575. The van der Waals surface area contributed by atoms with Gasteiger partial charge in [0.2, 0.25) is 11.0 Å². The number of carbonyl (C=O) groups is 1. The van der Waals surface area contributed by atoms with E-state index in [2.05, 4.69) is 20.8 Å². The maximum Gasteiger partial charge on any atom is 0.248 e. The van der Waals surface area contributed by atoms with Crippen LogP contribution in [0.2, 0.25) is 0 Å². The Morgan fingerprint density at radius 2 is 2.20 bits per heavy atom. The van der Waals surface area contributed by atoms with Gasteiger partial charge in [-0.3, -0.25) is 10.1 Å². The van der Waals surface area contributed by atoms with Gasteiger partial charge >= 0.3 is 0 Å². The lowest BCUT2D eigenvalue weighted by molar-refractivity contribution is -0.116. The van der Waals surface area contributed by atoms with Gasteiger partial charge in [-0.25, -0.2) is 0 Å². The van der Waals surface area contributed by atoms with Gasteiger partial charge in [-0.2, -0.15) is 0 Å². The molecule has 0 radical (unpaired) electrons. The molecule has 0 spiro atoms. The van der Waals surface area contributed by atoms with E-state index in [1.54, 1.807) is 14.0 Å². The molecule has 106 valence electrons. The summed E-state index contributed by atoms with van der Waals surface area (Å²) < 4.78 is 5.14. The fourth-order valence-electron chi connectivity index (χ4n) is 1.59. The lowest BCUT2D eigenvalue weighted by Gasteiger charge is -2.14. The second kappa shape index (κ2) is 6.33. The molecule has 1 aromatic heterocycles. The smallest absolute Gasteiger partial charge is 0.248 e. The summed E-state index contributed by atoms with van der Waals surface area (Å²) in [7, 11) is 1.60. The molecule has 0 saturated carbocycles. The van der Waals surface area contributed by atoms with Gasteiger partial charge in [0.25, 0.3) is 0 Å². The molecular weight excluding hydrogens is 276 g/mol. The quantitative estimate of drug-likeness (QED) is 0.884. The molecule has 1 heterocycles. The van der Waals surface area contributed by atoms with Crippen molar-refractivity contribution in [2.75, 3.05) is 17.7 Å². The van der Waals surface area contributed by atoms with Crippen LogP contribution in [0.4, 0.5) is 10.8 Å². The number of ether oxygens (including phenoxy) is 1. The van der Waals surface area contributed by atoms with Crippen LogP contribution in [0.5, 0.6) is 5.75 Å². The van der Waals surface area contributed by atoms with Crippen molar-refractivity contribution in [3.63, 3.8) is 0 Å². The SMILES string of the molecule is COc1cccc(N[C@@H](C)C(=O)Nc2nnc(C)s2)c1. The fraction of sp³-hybridized carbons (Fsp3) is 0.308. The van der Waals surface area contributed by atoms with Crippen molar-refractivity contribution in [3.05, 3.63) is 29.3 Å². The van der Waals surface area contributed by atoms with Gasteiger partial charge in [0.05, 0.1) is 7.11 Å². The van der Waals surface area contributed by atoms with Gasteiger partial charge in [-0.1, -0.05) is 17.4 Å². The summed E-state index contributed by atoms with van der Waals surface area (Å²) in [4.78, 5) is 12.0. The minimum absolute atomic E-state index is 0.163. The fourth-order valence-corrected chi connectivity index (χ4v) is 2.18. The second-order valence-corrected chi connectivity index (χ2v) is 5.40. The largest absolute Gasteiger partial charge is 0.497 e. The van der Waals surface area contributed by atoms with Gasteiger partial charge in [0.15, 0.2) is 0 Å². The lowest BCUT2D eigenvalue weighted by atomic mass is 10.2. The van der Waals surface area contributed by atoms with Crippen LogP contribution in [0.1, 0.15) is 11.9 Å². The number of aryl methyl sites for hydroxylation is 1. The average Bonchev–Trinajstić information content (AvgIpc) is 2.84. The Bertz CT molecular complexity index is 600. The van der Waals surface area contributed by atoms with Crippen molar-refractivity contribution in [3.8, 4) is 5.75 Å². The van der Waals surface area contributed by atoms with E-state index >= 15 is 0 Å². The maximum absolute atomic E-state index is 12.0. The molecule has 1 aromatic carbocycles. The van der Waals surface area contributed by atoms with Crippen LogP contribution < -0.4 is 15.4 Å². The molecule has 7 heteroatoms. The molecule has 0 unspecified atom stereocenters. The van der Waals surface area contributed by atoms with Crippen LogP contribution >= 0.6 is 11.3 Å². The zero-order valence-corrected chi connectivity index (χ0v) is 12.3. The molecule has 1 amide bonds.